The molecule has 1 aliphatic rings. The lowest BCUT2D eigenvalue weighted by Gasteiger charge is -2.26. The van der Waals surface area contributed by atoms with E-state index in [2.05, 4.69) is 263 Å². The van der Waals surface area contributed by atoms with Crippen LogP contribution in [0.1, 0.15) is 62.8 Å². The lowest BCUT2D eigenvalue weighted by molar-refractivity contribution is 0.787. The number of hydrogen-bond donors (Lipinski definition) is 0. The highest BCUT2D eigenvalue weighted by atomic mass is 15.2. The largest absolute Gasteiger partial charge is 0.310 e. The van der Waals surface area contributed by atoms with Crippen LogP contribution in [0.2, 0.25) is 0 Å². The van der Waals surface area contributed by atoms with Crippen molar-refractivity contribution in [3.63, 3.8) is 0 Å². The van der Waals surface area contributed by atoms with Gasteiger partial charge in [0, 0.05) is 51.7 Å². The molecule has 1 heterocycles. The Labute approximate surface area is 397 Å². The number of fused-ring (bicyclic) bond motifs is 1. The summed E-state index contributed by atoms with van der Waals surface area (Å²) in [5.74, 6) is 0.372. The maximum Gasteiger partial charge on any atom is 0.0769 e. The quantitative estimate of drug-likeness (QED) is 0.0961. The summed E-state index contributed by atoms with van der Waals surface area (Å²) in [5, 5.41) is 12.1. The molecule has 0 saturated carbocycles. The molecule has 4 nitrogen and oxygen atoms in total. The molecule has 67 heavy (non-hydrogen) atoms. The molecular formula is C63H58N4. The Hall–Kier alpha value is -7.82. The first-order valence-corrected chi connectivity index (χ1v) is 23.6. The van der Waals surface area contributed by atoms with E-state index in [1.54, 1.807) is 0 Å². The van der Waals surface area contributed by atoms with Gasteiger partial charge in [-0.1, -0.05) is 166 Å². The van der Waals surface area contributed by atoms with E-state index in [-0.39, 0.29) is 0 Å². The normalized spacial score (nSPS) is 13.0. The van der Waals surface area contributed by atoms with Gasteiger partial charge in [-0.25, -0.2) is 0 Å². The number of allylic oxidation sites excluding steroid dienone is 6. The van der Waals surface area contributed by atoms with Crippen LogP contribution in [0.4, 0.5) is 34.1 Å². The Morgan fingerprint density at radius 2 is 1.10 bits per heavy atom. The second kappa shape index (κ2) is 20.6. The molecule has 4 heteroatoms. The Kier molecular flexibility index (Phi) is 13.6. The van der Waals surface area contributed by atoms with Crippen molar-refractivity contribution in [1.82, 2.24) is 0 Å². The Bertz CT molecular complexity index is 3140. The second-order valence-corrected chi connectivity index (χ2v) is 17.5. The zero-order valence-corrected chi connectivity index (χ0v) is 39.3. The van der Waals surface area contributed by atoms with Gasteiger partial charge in [0.25, 0.3) is 0 Å². The van der Waals surface area contributed by atoms with Crippen molar-refractivity contribution in [3.8, 4) is 11.1 Å². The fourth-order valence-electron chi connectivity index (χ4n) is 9.24. The molecule has 0 unspecified atom stereocenters. The lowest BCUT2D eigenvalue weighted by atomic mass is 9.89. The zero-order valence-electron chi connectivity index (χ0n) is 39.3. The summed E-state index contributed by atoms with van der Waals surface area (Å²) in [6.07, 6.45) is 11.3. The minimum absolute atomic E-state index is 0.372. The van der Waals surface area contributed by atoms with Crippen LogP contribution in [0.25, 0.3) is 21.9 Å². The molecule has 330 valence electrons. The van der Waals surface area contributed by atoms with Crippen LogP contribution in [-0.2, 0) is 6.42 Å². The number of rotatable bonds is 15. The molecule has 0 bridgehead atoms. The third-order valence-electron chi connectivity index (χ3n) is 12.5. The van der Waals surface area contributed by atoms with Crippen LogP contribution in [0.5, 0.6) is 0 Å². The first-order chi connectivity index (χ1) is 32.9. The van der Waals surface area contributed by atoms with E-state index >= 15 is 0 Å². The monoisotopic (exact) mass is 870 g/mol. The van der Waals surface area contributed by atoms with Gasteiger partial charge in [0.2, 0.25) is 0 Å². The van der Waals surface area contributed by atoms with Crippen molar-refractivity contribution < 1.29 is 0 Å². The molecular weight excluding hydrogens is 813 g/mol. The third kappa shape index (κ3) is 9.90. The van der Waals surface area contributed by atoms with Gasteiger partial charge in [-0.2, -0.15) is 10.2 Å². The van der Waals surface area contributed by atoms with Crippen molar-refractivity contribution in [3.05, 3.63) is 252 Å². The summed E-state index contributed by atoms with van der Waals surface area (Å²) in [6.45, 7) is 10.9. The molecule has 0 amide bonds. The maximum absolute atomic E-state index is 4.83. The molecule has 0 N–H and O–H groups in total. The van der Waals surface area contributed by atoms with Gasteiger partial charge in [0.1, 0.15) is 0 Å². The van der Waals surface area contributed by atoms with Crippen LogP contribution >= 0.6 is 0 Å². The van der Waals surface area contributed by atoms with Crippen molar-refractivity contribution in [2.45, 2.75) is 53.9 Å². The molecule has 0 radical (unpaired) electrons. The second-order valence-electron chi connectivity index (χ2n) is 17.5. The lowest BCUT2D eigenvalue weighted by Crippen LogP contribution is -2.10. The highest BCUT2D eigenvalue weighted by molar-refractivity contribution is 6.24. The van der Waals surface area contributed by atoms with Gasteiger partial charge in [-0.3, -0.25) is 0 Å². The first kappa shape index (κ1) is 44.4. The van der Waals surface area contributed by atoms with Gasteiger partial charge in [-0.05, 0) is 150 Å². The number of para-hydroxylation sites is 2. The molecule has 0 atom stereocenters. The van der Waals surface area contributed by atoms with Gasteiger partial charge < -0.3 is 9.80 Å². The summed E-state index contributed by atoms with van der Waals surface area (Å²) >= 11 is 0. The van der Waals surface area contributed by atoms with Crippen LogP contribution < -0.4 is 9.80 Å². The summed E-state index contributed by atoms with van der Waals surface area (Å²) < 4.78 is 0. The van der Waals surface area contributed by atoms with E-state index in [1.807, 2.05) is 0 Å². The zero-order chi connectivity index (χ0) is 46.1. The maximum atomic E-state index is 4.83. The molecule has 0 aliphatic carbocycles. The van der Waals surface area contributed by atoms with Crippen LogP contribution in [0.15, 0.2) is 240 Å². The number of anilines is 6. The topological polar surface area (TPSA) is 31.2 Å². The smallest absolute Gasteiger partial charge is 0.0769 e. The van der Waals surface area contributed by atoms with Crippen molar-refractivity contribution in [2.24, 2.45) is 16.1 Å². The van der Waals surface area contributed by atoms with E-state index in [4.69, 9.17) is 10.2 Å². The van der Waals surface area contributed by atoms with Crippen LogP contribution in [-0.4, -0.2) is 11.4 Å². The SMILES string of the molecule is C\C=C/C(C1=NN=C(c2cccc3c(Cc4cccc(N(c5ccccc5)c5ccc(-c6ccc(N(c7ccccc7)c7cccc(C)c7)cc6)cc5)c4)cccc23)C1)=C(/C=C\CC)C(C)C. The van der Waals surface area contributed by atoms with Gasteiger partial charge in [-0.15, -0.1) is 0 Å². The summed E-state index contributed by atoms with van der Waals surface area (Å²) in [7, 11) is 0. The first-order valence-electron chi connectivity index (χ1n) is 23.6. The molecule has 0 aromatic heterocycles. The fourth-order valence-corrected chi connectivity index (χ4v) is 9.24. The van der Waals surface area contributed by atoms with Crippen LogP contribution in [0, 0.1) is 12.8 Å². The van der Waals surface area contributed by atoms with Gasteiger partial charge in [0.05, 0.1) is 11.4 Å². The molecule has 0 spiro atoms. The predicted molar refractivity (Wildman–Crippen MR) is 287 cm³/mol. The number of aryl methyl sites for hydroxylation is 1. The molecule has 8 aromatic carbocycles. The van der Waals surface area contributed by atoms with E-state index in [0.717, 1.165) is 64.0 Å². The summed E-state index contributed by atoms with van der Waals surface area (Å²) in [5.41, 5.74) is 18.5. The van der Waals surface area contributed by atoms with E-state index in [9.17, 15) is 0 Å². The molecule has 0 saturated heterocycles. The Morgan fingerprint density at radius 3 is 1.70 bits per heavy atom. The number of benzene rings is 8. The van der Waals surface area contributed by atoms with Crippen molar-refractivity contribution >= 4 is 56.3 Å². The van der Waals surface area contributed by atoms with E-state index in [0.29, 0.717) is 12.3 Å². The average Bonchev–Trinajstić information content (AvgIpc) is 3.85. The number of hydrogen-bond acceptors (Lipinski definition) is 4. The molecule has 8 aromatic rings. The standard InChI is InChI=1S/C63H58N4/c1-6-8-29-57(45(3)4)60(19-7-2)62-44-63(65-64-62)61-32-18-30-58-50(22-17-31-59(58)61)42-47-21-16-28-56(43-47)67(52-25-13-10-14-26-52)54-39-35-49(36-40-54)48-33-37-53(38-34-48)66(51-23-11-9-12-24-51)55-27-15-20-46(5)41-55/h7-41,43,45H,6,42,44H2,1-5H3/b19-7-,29-8-,60-57+. The number of nitrogens with zero attached hydrogens (tertiary/aromatic N) is 4. The summed E-state index contributed by atoms with van der Waals surface area (Å²) in [4.78, 5) is 4.67. The minimum Gasteiger partial charge on any atom is -0.310 e. The fraction of sp³-hybridized carbons (Fsp3) is 0.143. The average molecular weight is 871 g/mol. The highest BCUT2D eigenvalue weighted by Crippen LogP contribution is 2.39. The highest BCUT2D eigenvalue weighted by Gasteiger charge is 2.22. The Balaban J connectivity index is 0.977. The third-order valence-corrected chi connectivity index (χ3v) is 12.5. The van der Waals surface area contributed by atoms with E-state index < -0.39 is 0 Å². The Morgan fingerprint density at radius 1 is 0.552 bits per heavy atom. The van der Waals surface area contributed by atoms with E-state index in [1.165, 1.54) is 49.7 Å². The van der Waals surface area contributed by atoms with Gasteiger partial charge >= 0.3 is 0 Å². The molecule has 9 rings (SSSR count). The molecule has 0 fully saturated rings. The predicted octanol–water partition coefficient (Wildman–Crippen LogP) is 17.4. The van der Waals surface area contributed by atoms with Gasteiger partial charge in [0.15, 0.2) is 0 Å². The van der Waals surface area contributed by atoms with Crippen LogP contribution in [0.3, 0.4) is 0 Å². The molecule has 1 aliphatic heterocycles. The van der Waals surface area contributed by atoms with Crippen molar-refractivity contribution in [2.75, 3.05) is 9.80 Å². The van der Waals surface area contributed by atoms with Crippen molar-refractivity contribution in [1.29, 1.82) is 0 Å². The minimum atomic E-state index is 0.372. The summed E-state index contributed by atoms with van der Waals surface area (Å²) in [6, 6.07) is 70.1.